The summed E-state index contributed by atoms with van der Waals surface area (Å²) in [6.45, 7) is 3.52. The Morgan fingerprint density at radius 1 is 1.12 bits per heavy atom. The fourth-order valence-corrected chi connectivity index (χ4v) is 3.92. The number of aromatic nitrogens is 5. The summed E-state index contributed by atoms with van der Waals surface area (Å²) in [6.07, 6.45) is 1.57. The summed E-state index contributed by atoms with van der Waals surface area (Å²) in [4.78, 5) is 30.0. The number of benzene rings is 2. The zero-order valence-corrected chi connectivity index (χ0v) is 19.1. The standard InChI is InChI=1S/C24H19ClN6O3/c1-14-6-3-8-16(12-14)21-27-23(34-29-21)17-9-5-11-30-22(17)28-31(24(30)33)13-19(32)26-20-15(2)7-4-10-18(20)25/h3-12H,13H2,1-2H3,(H,26,32). The van der Waals surface area contributed by atoms with E-state index < -0.39 is 11.6 Å². The quantitative estimate of drug-likeness (QED) is 0.410. The fourth-order valence-electron chi connectivity index (χ4n) is 3.65. The molecule has 2 aromatic carbocycles. The summed E-state index contributed by atoms with van der Waals surface area (Å²) in [5.74, 6) is 0.218. The van der Waals surface area contributed by atoms with Crippen LogP contribution in [-0.4, -0.2) is 30.2 Å². The summed E-state index contributed by atoms with van der Waals surface area (Å²) in [5, 5.41) is 11.6. The molecular weight excluding hydrogens is 456 g/mol. The Balaban J connectivity index is 1.47. The first-order valence-corrected chi connectivity index (χ1v) is 10.8. The molecule has 9 nitrogen and oxygen atoms in total. The summed E-state index contributed by atoms with van der Waals surface area (Å²) < 4.78 is 7.88. The number of nitrogens with zero attached hydrogens (tertiary/aromatic N) is 5. The first kappa shape index (κ1) is 21.6. The lowest BCUT2D eigenvalue weighted by Gasteiger charge is -2.09. The minimum absolute atomic E-state index is 0.218. The molecule has 170 valence electrons. The molecule has 0 saturated carbocycles. The normalized spacial score (nSPS) is 11.1. The maximum atomic E-state index is 12.9. The van der Waals surface area contributed by atoms with Crippen molar-refractivity contribution in [3.63, 3.8) is 0 Å². The van der Waals surface area contributed by atoms with E-state index in [9.17, 15) is 9.59 Å². The minimum atomic E-state index is -0.471. The minimum Gasteiger partial charge on any atom is -0.333 e. The molecule has 5 aromatic rings. The van der Waals surface area contributed by atoms with Crippen molar-refractivity contribution in [1.29, 1.82) is 0 Å². The molecule has 0 aliphatic rings. The summed E-state index contributed by atoms with van der Waals surface area (Å²) in [5.41, 5.74) is 3.51. The zero-order chi connectivity index (χ0) is 23.8. The van der Waals surface area contributed by atoms with Gasteiger partial charge >= 0.3 is 5.69 Å². The number of pyridine rings is 1. The third-order valence-electron chi connectivity index (χ3n) is 5.32. The van der Waals surface area contributed by atoms with Gasteiger partial charge < -0.3 is 9.84 Å². The largest absolute Gasteiger partial charge is 0.350 e. The molecule has 0 aliphatic heterocycles. The lowest BCUT2D eigenvalue weighted by atomic mass is 10.1. The van der Waals surface area contributed by atoms with Crippen LogP contribution < -0.4 is 11.0 Å². The second-order valence-electron chi connectivity index (χ2n) is 7.83. The molecule has 3 aromatic heterocycles. The number of carbonyl (C=O) groups is 1. The van der Waals surface area contributed by atoms with Crippen molar-refractivity contribution >= 4 is 28.8 Å². The Hall–Kier alpha value is -4.24. The Bertz CT molecular complexity index is 1580. The molecular formula is C24H19ClN6O3. The molecule has 1 amide bonds. The number of fused-ring (bicyclic) bond motifs is 1. The molecule has 0 atom stereocenters. The van der Waals surface area contributed by atoms with Gasteiger partial charge in [-0.25, -0.2) is 13.9 Å². The van der Waals surface area contributed by atoms with Crippen molar-refractivity contribution in [2.24, 2.45) is 0 Å². The summed E-state index contributed by atoms with van der Waals surface area (Å²) >= 11 is 6.19. The van der Waals surface area contributed by atoms with Crippen molar-refractivity contribution < 1.29 is 9.32 Å². The Labute approximate surface area is 198 Å². The molecule has 34 heavy (non-hydrogen) atoms. The van der Waals surface area contributed by atoms with E-state index in [4.69, 9.17) is 16.1 Å². The van der Waals surface area contributed by atoms with Crippen molar-refractivity contribution in [2.45, 2.75) is 20.4 Å². The van der Waals surface area contributed by atoms with Gasteiger partial charge in [-0.2, -0.15) is 4.98 Å². The third-order valence-corrected chi connectivity index (χ3v) is 5.64. The van der Waals surface area contributed by atoms with Crippen LogP contribution in [0.3, 0.4) is 0 Å². The number of amides is 1. The van der Waals surface area contributed by atoms with Crippen LogP contribution in [0.15, 0.2) is 70.1 Å². The first-order valence-electron chi connectivity index (χ1n) is 10.4. The van der Waals surface area contributed by atoms with Crippen molar-refractivity contribution in [1.82, 2.24) is 24.3 Å². The van der Waals surface area contributed by atoms with Crippen LogP contribution in [0.5, 0.6) is 0 Å². The molecule has 0 aliphatic carbocycles. The summed E-state index contributed by atoms with van der Waals surface area (Å²) in [7, 11) is 0. The highest BCUT2D eigenvalue weighted by Gasteiger charge is 2.19. The maximum Gasteiger partial charge on any atom is 0.350 e. The second kappa shape index (κ2) is 8.60. The smallest absolute Gasteiger partial charge is 0.333 e. The van der Waals surface area contributed by atoms with E-state index in [0.29, 0.717) is 27.7 Å². The molecule has 0 unspecified atom stereocenters. The molecule has 5 rings (SSSR count). The number of para-hydroxylation sites is 1. The van der Waals surface area contributed by atoms with Crippen LogP contribution in [0.2, 0.25) is 5.02 Å². The van der Waals surface area contributed by atoms with Crippen LogP contribution in [0.1, 0.15) is 11.1 Å². The molecule has 0 bridgehead atoms. The number of hydrogen-bond acceptors (Lipinski definition) is 6. The highest BCUT2D eigenvalue weighted by atomic mass is 35.5. The van der Waals surface area contributed by atoms with Gasteiger partial charge in [-0.05, 0) is 43.7 Å². The van der Waals surface area contributed by atoms with Gasteiger partial charge in [-0.1, -0.05) is 52.7 Å². The van der Waals surface area contributed by atoms with Gasteiger partial charge in [-0.15, -0.1) is 5.10 Å². The van der Waals surface area contributed by atoms with Crippen LogP contribution >= 0.6 is 11.6 Å². The first-order chi connectivity index (χ1) is 16.4. The molecule has 3 heterocycles. The summed E-state index contributed by atoms with van der Waals surface area (Å²) in [6, 6.07) is 16.5. The van der Waals surface area contributed by atoms with Crippen molar-refractivity contribution in [3.05, 3.63) is 87.4 Å². The Morgan fingerprint density at radius 3 is 2.74 bits per heavy atom. The van der Waals surface area contributed by atoms with Gasteiger partial charge in [0.15, 0.2) is 5.65 Å². The average molecular weight is 475 g/mol. The average Bonchev–Trinajstić information content (AvgIpc) is 3.42. The molecule has 0 radical (unpaired) electrons. The monoisotopic (exact) mass is 474 g/mol. The van der Waals surface area contributed by atoms with E-state index in [2.05, 4.69) is 20.6 Å². The van der Waals surface area contributed by atoms with E-state index in [1.165, 1.54) is 4.40 Å². The number of anilines is 1. The second-order valence-corrected chi connectivity index (χ2v) is 8.24. The van der Waals surface area contributed by atoms with Gasteiger partial charge in [0.05, 0.1) is 16.3 Å². The van der Waals surface area contributed by atoms with E-state index in [0.717, 1.165) is 21.4 Å². The Morgan fingerprint density at radius 2 is 1.94 bits per heavy atom. The van der Waals surface area contributed by atoms with E-state index >= 15 is 0 Å². The van der Waals surface area contributed by atoms with E-state index in [-0.39, 0.29) is 12.4 Å². The van der Waals surface area contributed by atoms with Crippen LogP contribution in [0, 0.1) is 13.8 Å². The number of halogens is 1. The van der Waals surface area contributed by atoms with Crippen molar-refractivity contribution in [2.75, 3.05) is 5.32 Å². The predicted molar refractivity (Wildman–Crippen MR) is 128 cm³/mol. The molecule has 0 saturated heterocycles. The Kier molecular flexibility index (Phi) is 5.46. The zero-order valence-electron chi connectivity index (χ0n) is 18.3. The SMILES string of the molecule is Cc1cccc(-c2noc(-c3cccn4c(=O)n(CC(=O)Nc5c(C)cccc5Cl)nc34)n2)c1. The van der Waals surface area contributed by atoms with Crippen LogP contribution in [0.4, 0.5) is 5.69 Å². The fraction of sp³-hybridized carbons (Fsp3) is 0.125. The molecule has 1 N–H and O–H groups in total. The maximum absolute atomic E-state index is 12.9. The number of rotatable bonds is 5. The van der Waals surface area contributed by atoms with Crippen molar-refractivity contribution in [3.8, 4) is 22.8 Å². The highest BCUT2D eigenvalue weighted by Crippen LogP contribution is 2.26. The molecule has 10 heteroatoms. The van der Waals surface area contributed by atoms with Gasteiger partial charge in [-0.3, -0.25) is 4.79 Å². The van der Waals surface area contributed by atoms with Gasteiger partial charge in [0.1, 0.15) is 6.54 Å². The van der Waals surface area contributed by atoms with Crippen LogP contribution in [0.25, 0.3) is 28.5 Å². The number of nitrogens with one attached hydrogen (secondary N) is 1. The van der Waals surface area contributed by atoms with E-state index in [1.54, 1.807) is 30.5 Å². The van der Waals surface area contributed by atoms with Gasteiger partial charge in [0, 0.05) is 11.8 Å². The number of carbonyl (C=O) groups excluding carboxylic acids is 1. The third kappa shape index (κ3) is 3.97. The van der Waals surface area contributed by atoms with E-state index in [1.807, 2.05) is 44.2 Å². The van der Waals surface area contributed by atoms with Crippen LogP contribution in [-0.2, 0) is 11.3 Å². The molecule has 0 spiro atoms. The molecule has 0 fully saturated rings. The highest BCUT2D eigenvalue weighted by molar-refractivity contribution is 6.33. The van der Waals surface area contributed by atoms with Gasteiger partial charge in [0.2, 0.25) is 11.7 Å². The lowest BCUT2D eigenvalue weighted by molar-refractivity contribution is -0.117. The number of aryl methyl sites for hydroxylation is 2. The number of hydrogen-bond donors (Lipinski definition) is 1. The lowest BCUT2D eigenvalue weighted by Crippen LogP contribution is -2.28. The van der Waals surface area contributed by atoms with Gasteiger partial charge in [0.25, 0.3) is 5.89 Å². The topological polar surface area (TPSA) is 107 Å². The predicted octanol–water partition coefficient (Wildman–Crippen LogP) is 4.12.